The molecule has 5 rings (SSSR count). The zero-order chi connectivity index (χ0) is 30.9. The van der Waals surface area contributed by atoms with Crippen molar-refractivity contribution in [1.82, 2.24) is 5.32 Å². The minimum atomic E-state index is -0.291. The lowest BCUT2D eigenvalue weighted by Crippen LogP contribution is -2.26. The summed E-state index contributed by atoms with van der Waals surface area (Å²) in [6.07, 6.45) is 8.78. The van der Waals surface area contributed by atoms with E-state index in [4.69, 9.17) is 4.74 Å². The van der Waals surface area contributed by atoms with Crippen LogP contribution in [0.25, 0.3) is 11.1 Å². The highest BCUT2D eigenvalue weighted by Gasteiger charge is 2.23. The summed E-state index contributed by atoms with van der Waals surface area (Å²) >= 11 is 0. The molecular formula is C39H42FNO3. The summed E-state index contributed by atoms with van der Waals surface area (Å²) in [6.45, 7) is 4.42. The van der Waals surface area contributed by atoms with Gasteiger partial charge < -0.3 is 15.2 Å². The number of nitrogens with one attached hydrogen (secondary N) is 1. The number of halogens is 1. The van der Waals surface area contributed by atoms with E-state index in [2.05, 4.69) is 35.6 Å². The Morgan fingerprint density at radius 1 is 0.909 bits per heavy atom. The van der Waals surface area contributed by atoms with Crippen molar-refractivity contribution < 1.29 is 19.0 Å². The first-order valence-electron chi connectivity index (χ1n) is 15.7. The number of amides is 1. The number of carbonyl (C=O) groups is 1. The summed E-state index contributed by atoms with van der Waals surface area (Å²) in [5.41, 5.74) is 6.46. The summed E-state index contributed by atoms with van der Waals surface area (Å²) in [5.74, 6) is 1.17. The molecule has 0 heterocycles. The number of hydrogen-bond acceptors (Lipinski definition) is 3. The maximum atomic E-state index is 14.2. The molecule has 4 nitrogen and oxygen atoms in total. The highest BCUT2D eigenvalue weighted by Crippen LogP contribution is 2.33. The number of aromatic hydroxyl groups is 1. The average molecular weight is 592 g/mol. The molecule has 0 saturated heterocycles. The number of phenols is 1. The number of rotatable bonds is 11. The number of benzene rings is 4. The van der Waals surface area contributed by atoms with Gasteiger partial charge in [-0.3, -0.25) is 4.79 Å². The Labute approximate surface area is 260 Å². The van der Waals surface area contributed by atoms with E-state index >= 15 is 0 Å². The molecular weight excluding hydrogens is 549 g/mol. The second kappa shape index (κ2) is 14.9. The summed E-state index contributed by atoms with van der Waals surface area (Å²) in [6, 6.07) is 28.3. The van der Waals surface area contributed by atoms with Crippen molar-refractivity contribution in [3.8, 4) is 22.6 Å². The van der Waals surface area contributed by atoms with E-state index in [0.29, 0.717) is 36.4 Å². The Bertz CT molecular complexity index is 1580. The summed E-state index contributed by atoms with van der Waals surface area (Å²) in [4.78, 5) is 13.0. The van der Waals surface area contributed by atoms with E-state index in [1.165, 1.54) is 11.6 Å². The van der Waals surface area contributed by atoms with Gasteiger partial charge in [0.25, 0.3) is 5.91 Å². The number of allylic oxidation sites excluding steroid dienone is 2. The van der Waals surface area contributed by atoms with Gasteiger partial charge in [0.1, 0.15) is 17.3 Å². The van der Waals surface area contributed by atoms with E-state index in [9.17, 15) is 14.3 Å². The predicted octanol–water partition coefficient (Wildman–Crippen LogP) is 8.86. The lowest BCUT2D eigenvalue weighted by molar-refractivity contribution is 0.0954. The Morgan fingerprint density at radius 3 is 2.45 bits per heavy atom. The van der Waals surface area contributed by atoms with E-state index in [1.54, 1.807) is 30.3 Å². The minimum absolute atomic E-state index is 0.166. The molecule has 44 heavy (non-hydrogen) atoms. The quantitative estimate of drug-likeness (QED) is 0.171. The predicted molar refractivity (Wildman–Crippen MR) is 176 cm³/mol. The largest absolute Gasteiger partial charge is 0.508 e. The van der Waals surface area contributed by atoms with Crippen LogP contribution >= 0.6 is 0 Å². The molecule has 228 valence electrons. The fourth-order valence-corrected chi connectivity index (χ4v) is 5.98. The molecule has 4 aromatic rings. The lowest BCUT2D eigenvalue weighted by Gasteiger charge is -2.29. The summed E-state index contributed by atoms with van der Waals surface area (Å²) in [5, 5.41) is 13.2. The summed E-state index contributed by atoms with van der Waals surface area (Å²) < 4.78 is 20.7. The van der Waals surface area contributed by atoms with Gasteiger partial charge in [-0.25, -0.2) is 4.39 Å². The number of carbonyl (C=O) groups excluding carboxylic acids is 1. The topological polar surface area (TPSA) is 58.6 Å². The molecule has 1 aliphatic carbocycles. The van der Waals surface area contributed by atoms with Gasteiger partial charge in [0.15, 0.2) is 0 Å². The second-order valence-electron chi connectivity index (χ2n) is 12.1. The van der Waals surface area contributed by atoms with E-state index < -0.39 is 0 Å². The van der Waals surface area contributed by atoms with Gasteiger partial charge in [-0.05, 0) is 135 Å². The molecule has 1 aliphatic rings. The van der Waals surface area contributed by atoms with Crippen LogP contribution in [0.3, 0.4) is 0 Å². The Balaban J connectivity index is 1.23. The van der Waals surface area contributed by atoms with Crippen LogP contribution in [0.2, 0.25) is 0 Å². The lowest BCUT2D eigenvalue weighted by atomic mass is 9.83. The second-order valence-corrected chi connectivity index (χ2v) is 12.1. The third-order valence-corrected chi connectivity index (χ3v) is 8.43. The van der Waals surface area contributed by atoms with Crippen molar-refractivity contribution in [3.63, 3.8) is 0 Å². The number of hydrogen-bond donors (Lipinski definition) is 2. The maximum Gasteiger partial charge on any atom is 0.251 e. The van der Waals surface area contributed by atoms with Gasteiger partial charge in [0, 0.05) is 12.1 Å². The van der Waals surface area contributed by atoms with Crippen LogP contribution in [-0.4, -0.2) is 23.7 Å². The van der Waals surface area contributed by atoms with Crippen molar-refractivity contribution in [2.45, 2.75) is 64.9 Å². The molecule has 0 unspecified atom stereocenters. The molecule has 0 spiro atoms. The molecule has 0 radical (unpaired) electrons. The van der Waals surface area contributed by atoms with Crippen LogP contribution in [-0.2, 0) is 19.3 Å². The first-order valence-corrected chi connectivity index (χ1v) is 15.7. The van der Waals surface area contributed by atoms with Crippen LogP contribution in [0.1, 0.15) is 66.6 Å². The van der Waals surface area contributed by atoms with Crippen LogP contribution in [0.5, 0.6) is 11.5 Å². The normalized spacial score (nSPS) is 16.2. The van der Waals surface area contributed by atoms with Gasteiger partial charge in [0.2, 0.25) is 0 Å². The third kappa shape index (κ3) is 8.59. The van der Waals surface area contributed by atoms with Gasteiger partial charge in [-0.2, -0.15) is 0 Å². The Kier molecular flexibility index (Phi) is 10.5. The number of phenolic OH excluding ortho intramolecular Hbond substituents is 1. The van der Waals surface area contributed by atoms with Gasteiger partial charge in [-0.1, -0.05) is 60.2 Å². The molecule has 1 fully saturated rings. The van der Waals surface area contributed by atoms with E-state index in [0.717, 1.165) is 60.1 Å². The number of ether oxygens (including phenoxy) is 1. The highest BCUT2D eigenvalue weighted by molar-refractivity contribution is 5.94. The molecule has 1 saturated carbocycles. The van der Waals surface area contributed by atoms with Crippen LogP contribution in [0.15, 0.2) is 103 Å². The zero-order valence-electron chi connectivity index (χ0n) is 25.7. The Morgan fingerprint density at radius 2 is 1.70 bits per heavy atom. The van der Waals surface area contributed by atoms with Crippen molar-refractivity contribution >= 4 is 5.91 Å². The Hall–Kier alpha value is -4.38. The van der Waals surface area contributed by atoms with Crippen LogP contribution < -0.4 is 10.1 Å². The molecule has 0 aliphatic heterocycles. The smallest absolute Gasteiger partial charge is 0.251 e. The molecule has 2 N–H and O–H groups in total. The van der Waals surface area contributed by atoms with Crippen molar-refractivity contribution in [1.29, 1.82) is 0 Å². The monoisotopic (exact) mass is 591 g/mol. The maximum absolute atomic E-state index is 14.2. The fourth-order valence-electron chi connectivity index (χ4n) is 5.98. The van der Waals surface area contributed by atoms with E-state index in [1.807, 2.05) is 44.2 Å². The zero-order valence-corrected chi connectivity index (χ0v) is 25.7. The average Bonchev–Trinajstić information content (AvgIpc) is 3.02. The van der Waals surface area contributed by atoms with Crippen LogP contribution in [0.4, 0.5) is 4.39 Å². The van der Waals surface area contributed by atoms with Crippen LogP contribution in [0, 0.1) is 11.7 Å². The molecule has 0 atom stereocenters. The molecule has 0 aromatic heterocycles. The van der Waals surface area contributed by atoms with Crippen molar-refractivity contribution in [3.05, 3.63) is 131 Å². The fraction of sp³-hybridized carbons (Fsp3) is 0.308. The van der Waals surface area contributed by atoms with Crippen molar-refractivity contribution in [2.24, 2.45) is 5.92 Å². The summed E-state index contributed by atoms with van der Waals surface area (Å²) in [7, 11) is 0. The van der Waals surface area contributed by atoms with E-state index in [-0.39, 0.29) is 23.6 Å². The minimum Gasteiger partial charge on any atom is -0.508 e. The molecule has 0 bridgehead atoms. The van der Waals surface area contributed by atoms with Gasteiger partial charge in [0.05, 0.1) is 6.10 Å². The van der Waals surface area contributed by atoms with Gasteiger partial charge >= 0.3 is 0 Å². The standard InChI is InChI=1S/C39H42FNO3/c1-27(2)11-14-32-24-33(16-20-38(32)42)39(43)41-22-21-30-15-19-36(26-37(30)31-9-6-10-34(40)25-31)44-35-17-12-29(13-18-35)23-28-7-4-3-5-8-28/h3-11,15-16,19-20,24-26,29,35,42H,12-14,17-18,21-23H2,1-2H3,(H,41,43). The SMILES string of the molecule is CC(C)=CCc1cc(C(=O)NCCc2ccc(OC3CCC(Cc4ccccc4)CC3)cc2-c2cccc(F)c2)ccc1O. The molecule has 4 aromatic carbocycles. The first kappa shape index (κ1) is 31.1. The highest BCUT2D eigenvalue weighted by atomic mass is 19.1. The molecule has 5 heteroatoms. The molecule has 1 amide bonds. The van der Waals surface area contributed by atoms with Crippen molar-refractivity contribution in [2.75, 3.05) is 6.54 Å². The third-order valence-electron chi connectivity index (χ3n) is 8.43. The first-order chi connectivity index (χ1) is 21.3. The van der Waals surface area contributed by atoms with Gasteiger partial charge in [-0.15, -0.1) is 0 Å².